The molecule has 0 saturated heterocycles. The van der Waals surface area contributed by atoms with E-state index in [1.165, 1.54) is 37.6 Å². The van der Waals surface area contributed by atoms with Crippen LogP contribution in [-0.4, -0.2) is 9.55 Å². The minimum atomic E-state index is 0.457. The SMILES string of the molecule is CC1CCCC(n2c(CCl)nc3cc(Cl)ccc32)CC1. The molecule has 1 fully saturated rings. The number of imidazole rings is 1. The number of hydrogen-bond donors (Lipinski definition) is 0. The quantitative estimate of drug-likeness (QED) is 0.523. The highest BCUT2D eigenvalue weighted by Gasteiger charge is 2.22. The van der Waals surface area contributed by atoms with Crippen molar-refractivity contribution < 1.29 is 0 Å². The summed E-state index contributed by atoms with van der Waals surface area (Å²) in [5.41, 5.74) is 2.13. The Labute approximate surface area is 130 Å². The number of nitrogens with zero attached hydrogens (tertiary/aromatic N) is 2. The molecular formula is C16H20Cl2N2. The number of halogens is 2. The van der Waals surface area contributed by atoms with Gasteiger partial charge in [0.15, 0.2) is 0 Å². The van der Waals surface area contributed by atoms with Gasteiger partial charge in [0.25, 0.3) is 0 Å². The molecule has 0 amide bonds. The van der Waals surface area contributed by atoms with Crippen LogP contribution < -0.4 is 0 Å². The largest absolute Gasteiger partial charge is 0.324 e. The zero-order valence-electron chi connectivity index (χ0n) is 11.8. The van der Waals surface area contributed by atoms with E-state index in [0.717, 1.165) is 22.3 Å². The summed E-state index contributed by atoms with van der Waals surface area (Å²) in [5, 5.41) is 0.734. The molecule has 1 aliphatic rings. The predicted octanol–water partition coefficient (Wildman–Crippen LogP) is 5.57. The molecule has 4 heteroatoms. The fourth-order valence-corrected chi connectivity index (χ4v) is 3.70. The molecule has 0 bridgehead atoms. The number of benzene rings is 1. The minimum Gasteiger partial charge on any atom is -0.324 e. The monoisotopic (exact) mass is 310 g/mol. The molecule has 2 atom stereocenters. The van der Waals surface area contributed by atoms with Crippen LogP contribution in [0.1, 0.15) is 50.9 Å². The van der Waals surface area contributed by atoms with Crippen LogP contribution in [0.25, 0.3) is 11.0 Å². The smallest absolute Gasteiger partial charge is 0.125 e. The molecule has 1 aromatic heterocycles. The van der Waals surface area contributed by atoms with E-state index in [9.17, 15) is 0 Å². The van der Waals surface area contributed by atoms with E-state index < -0.39 is 0 Å². The first-order chi connectivity index (χ1) is 9.69. The molecule has 20 heavy (non-hydrogen) atoms. The third-order valence-corrected chi connectivity index (χ3v) is 4.91. The number of rotatable bonds is 2. The Hall–Kier alpha value is -0.730. The standard InChI is InChI=1S/C16H20Cl2N2/c1-11-3-2-4-13(7-5-11)20-15-8-6-12(18)9-14(15)19-16(20)10-17/h6,8-9,11,13H,2-5,7,10H2,1H3. The highest BCUT2D eigenvalue weighted by molar-refractivity contribution is 6.31. The van der Waals surface area contributed by atoms with Crippen molar-refractivity contribution in [1.82, 2.24) is 9.55 Å². The summed E-state index contributed by atoms with van der Waals surface area (Å²) in [6.45, 7) is 2.36. The zero-order valence-corrected chi connectivity index (χ0v) is 13.3. The summed E-state index contributed by atoms with van der Waals surface area (Å²) in [5.74, 6) is 2.27. The van der Waals surface area contributed by atoms with Crippen molar-refractivity contribution in [3.05, 3.63) is 29.0 Å². The molecule has 2 unspecified atom stereocenters. The Morgan fingerprint density at radius 1 is 1.25 bits per heavy atom. The molecule has 3 rings (SSSR count). The first kappa shape index (κ1) is 14.2. The van der Waals surface area contributed by atoms with Gasteiger partial charge in [0.2, 0.25) is 0 Å². The van der Waals surface area contributed by atoms with Crippen LogP contribution in [0.4, 0.5) is 0 Å². The molecule has 1 aromatic carbocycles. The van der Waals surface area contributed by atoms with Crippen LogP contribution in [0.3, 0.4) is 0 Å². The Bertz CT molecular complexity index is 606. The van der Waals surface area contributed by atoms with Crippen LogP contribution in [-0.2, 0) is 5.88 Å². The van der Waals surface area contributed by atoms with Gasteiger partial charge in [-0.1, -0.05) is 31.4 Å². The van der Waals surface area contributed by atoms with E-state index >= 15 is 0 Å². The molecular weight excluding hydrogens is 291 g/mol. The molecule has 1 aliphatic carbocycles. The first-order valence-corrected chi connectivity index (χ1v) is 8.32. The van der Waals surface area contributed by atoms with Gasteiger partial charge >= 0.3 is 0 Å². The fourth-order valence-electron chi connectivity index (χ4n) is 3.35. The lowest BCUT2D eigenvalue weighted by Gasteiger charge is -2.19. The lowest BCUT2D eigenvalue weighted by molar-refractivity contribution is 0.433. The molecule has 0 N–H and O–H groups in total. The van der Waals surface area contributed by atoms with Crippen molar-refractivity contribution in [3.63, 3.8) is 0 Å². The van der Waals surface area contributed by atoms with E-state index in [1.54, 1.807) is 0 Å². The molecule has 0 radical (unpaired) electrons. The number of hydrogen-bond acceptors (Lipinski definition) is 1. The molecule has 1 heterocycles. The molecule has 2 nitrogen and oxygen atoms in total. The summed E-state index contributed by atoms with van der Waals surface area (Å²) < 4.78 is 2.36. The Morgan fingerprint density at radius 2 is 2.10 bits per heavy atom. The molecule has 0 aliphatic heterocycles. The Balaban J connectivity index is 2.04. The van der Waals surface area contributed by atoms with Gasteiger partial charge in [-0.25, -0.2) is 4.98 Å². The summed E-state index contributed by atoms with van der Waals surface area (Å²) in [6, 6.07) is 6.48. The van der Waals surface area contributed by atoms with Crippen molar-refractivity contribution in [2.45, 2.75) is 50.9 Å². The summed E-state index contributed by atoms with van der Waals surface area (Å²) in [4.78, 5) is 4.66. The Kier molecular flexibility index (Phi) is 4.23. The van der Waals surface area contributed by atoms with Gasteiger partial charge in [0.05, 0.1) is 16.9 Å². The van der Waals surface area contributed by atoms with E-state index in [2.05, 4.69) is 22.5 Å². The van der Waals surface area contributed by atoms with Crippen molar-refractivity contribution in [3.8, 4) is 0 Å². The van der Waals surface area contributed by atoms with Gasteiger partial charge in [-0.05, 0) is 43.4 Å². The summed E-state index contributed by atoms with van der Waals surface area (Å²) in [7, 11) is 0. The van der Waals surface area contributed by atoms with Crippen LogP contribution in [0, 0.1) is 5.92 Å². The van der Waals surface area contributed by atoms with Crippen molar-refractivity contribution in [2.24, 2.45) is 5.92 Å². The number of fused-ring (bicyclic) bond motifs is 1. The van der Waals surface area contributed by atoms with Crippen molar-refractivity contribution >= 4 is 34.2 Å². The molecule has 0 spiro atoms. The van der Waals surface area contributed by atoms with E-state index in [-0.39, 0.29) is 0 Å². The average molecular weight is 311 g/mol. The van der Waals surface area contributed by atoms with Gasteiger partial charge in [0.1, 0.15) is 5.82 Å². The fraction of sp³-hybridized carbons (Fsp3) is 0.562. The van der Waals surface area contributed by atoms with Crippen LogP contribution >= 0.6 is 23.2 Å². The van der Waals surface area contributed by atoms with Crippen LogP contribution in [0.5, 0.6) is 0 Å². The lowest BCUT2D eigenvalue weighted by atomic mass is 10.0. The third-order valence-electron chi connectivity index (χ3n) is 4.44. The molecule has 2 aromatic rings. The van der Waals surface area contributed by atoms with E-state index in [4.69, 9.17) is 23.2 Å². The summed E-state index contributed by atoms with van der Waals surface area (Å²) >= 11 is 12.2. The second kappa shape index (κ2) is 5.95. The topological polar surface area (TPSA) is 17.8 Å². The van der Waals surface area contributed by atoms with Crippen LogP contribution in [0.2, 0.25) is 5.02 Å². The average Bonchev–Trinajstić information content (AvgIpc) is 2.66. The summed E-state index contributed by atoms with van der Waals surface area (Å²) in [6.07, 6.45) is 6.37. The van der Waals surface area contributed by atoms with Gasteiger partial charge in [-0.15, -0.1) is 11.6 Å². The predicted molar refractivity (Wildman–Crippen MR) is 85.6 cm³/mol. The number of aromatic nitrogens is 2. The molecule has 108 valence electrons. The highest BCUT2D eigenvalue weighted by atomic mass is 35.5. The zero-order chi connectivity index (χ0) is 14.1. The number of alkyl halides is 1. The normalized spacial score (nSPS) is 23.9. The second-order valence-corrected chi connectivity index (χ2v) is 6.64. The molecule has 1 saturated carbocycles. The van der Waals surface area contributed by atoms with Crippen molar-refractivity contribution in [2.75, 3.05) is 0 Å². The van der Waals surface area contributed by atoms with Crippen molar-refractivity contribution in [1.29, 1.82) is 0 Å². The Morgan fingerprint density at radius 3 is 2.90 bits per heavy atom. The van der Waals surface area contributed by atoms with Gasteiger partial charge in [0, 0.05) is 11.1 Å². The van der Waals surface area contributed by atoms with Gasteiger partial charge < -0.3 is 4.57 Å². The van der Waals surface area contributed by atoms with Crippen LogP contribution in [0.15, 0.2) is 18.2 Å². The van der Waals surface area contributed by atoms with E-state index in [0.29, 0.717) is 11.9 Å². The maximum absolute atomic E-state index is 6.12. The maximum atomic E-state index is 6.12. The first-order valence-electron chi connectivity index (χ1n) is 7.41. The van der Waals surface area contributed by atoms with Gasteiger partial charge in [-0.3, -0.25) is 0 Å². The minimum absolute atomic E-state index is 0.457. The third kappa shape index (κ3) is 2.68. The van der Waals surface area contributed by atoms with E-state index in [1.807, 2.05) is 12.1 Å². The second-order valence-electron chi connectivity index (χ2n) is 5.93. The maximum Gasteiger partial charge on any atom is 0.125 e. The van der Waals surface area contributed by atoms with Gasteiger partial charge in [-0.2, -0.15) is 0 Å². The lowest BCUT2D eigenvalue weighted by Crippen LogP contribution is -2.11. The highest BCUT2D eigenvalue weighted by Crippen LogP contribution is 2.34.